The molecule has 0 heterocycles. The summed E-state index contributed by atoms with van der Waals surface area (Å²) in [6.07, 6.45) is 1.23. The van der Waals surface area contributed by atoms with E-state index >= 15 is 0 Å². The summed E-state index contributed by atoms with van der Waals surface area (Å²) in [5.74, 6) is -1.76. The van der Waals surface area contributed by atoms with E-state index in [0.29, 0.717) is 19.4 Å². The van der Waals surface area contributed by atoms with Gasteiger partial charge in [0.1, 0.15) is 6.54 Å². The number of amides is 2. The van der Waals surface area contributed by atoms with Crippen molar-refractivity contribution in [3.8, 4) is 0 Å². The highest BCUT2D eigenvalue weighted by atomic mass is 16.4. The number of hydrazine groups is 1. The van der Waals surface area contributed by atoms with Crippen molar-refractivity contribution in [3.05, 3.63) is 0 Å². The average Bonchev–Trinajstić information content (AvgIpc) is 2.42. The van der Waals surface area contributed by atoms with E-state index in [1.165, 1.54) is 12.1 Å². The molecule has 134 valence electrons. The van der Waals surface area contributed by atoms with Gasteiger partial charge in [0.05, 0.1) is 6.04 Å². The molecule has 0 spiro atoms. The topological polar surface area (TPSA) is 151 Å². The van der Waals surface area contributed by atoms with Crippen molar-refractivity contribution in [1.29, 1.82) is 0 Å². The van der Waals surface area contributed by atoms with Crippen LogP contribution in [0, 0.1) is 5.92 Å². The van der Waals surface area contributed by atoms with Gasteiger partial charge in [-0.3, -0.25) is 19.8 Å². The molecule has 0 aromatic carbocycles. The summed E-state index contributed by atoms with van der Waals surface area (Å²) >= 11 is 0. The highest BCUT2D eigenvalue weighted by molar-refractivity contribution is 5.83. The van der Waals surface area contributed by atoms with E-state index in [2.05, 4.69) is 10.7 Å². The van der Waals surface area contributed by atoms with Crippen LogP contribution in [0.25, 0.3) is 0 Å². The quantitative estimate of drug-likeness (QED) is 0.293. The van der Waals surface area contributed by atoms with Crippen molar-refractivity contribution in [2.24, 2.45) is 17.4 Å². The number of hydrogen-bond acceptors (Lipinski definition) is 6. The van der Waals surface area contributed by atoms with Crippen molar-refractivity contribution < 1.29 is 19.5 Å². The molecule has 23 heavy (non-hydrogen) atoms. The number of hydrogen-bond donors (Lipinski definition) is 5. The SMILES string of the molecule is CC(C)[C@H](N)C(=O)N[C@@H](CCCN)CC(=O)NN(C)CC(=O)O. The second-order valence-corrected chi connectivity index (χ2v) is 5.90. The Bertz CT molecular complexity index is 403. The molecule has 0 aliphatic carbocycles. The first-order valence-electron chi connectivity index (χ1n) is 7.65. The van der Waals surface area contributed by atoms with Crippen LogP contribution in [0.3, 0.4) is 0 Å². The van der Waals surface area contributed by atoms with Crippen LogP contribution in [0.1, 0.15) is 33.1 Å². The minimum atomic E-state index is -1.05. The summed E-state index contributed by atoms with van der Waals surface area (Å²) in [5, 5.41) is 12.6. The number of carboxylic acid groups (broad SMARTS) is 1. The molecule has 0 saturated heterocycles. The molecule has 2 atom stereocenters. The van der Waals surface area contributed by atoms with Crippen LogP contribution in [-0.4, -0.2) is 60.1 Å². The molecule has 0 aromatic rings. The predicted molar refractivity (Wildman–Crippen MR) is 86.1 cm³/mol. The molecule has 0 unspecified atom stereocenters. The smallest absolute Gasteiger partial charge is 0.319 e. The van der Waals surface area contributed by atoms with Gasteiger partial charge in [0.15, 0.2) is 0 Å². The molecule has 0 aliphatic rings. The van der Waals surface area contributed by atoms with Gasteiger partial charge in [-0.25, -0.2) is 5.01 Å². The Morgan fingerprint density at radius 1 is 1.26 bits per heavy atom. The van der Waals surface area contributed by atoms with Crippen LogP contribution in [-0.2, 0) is 14.4 Å². The minimum Gasteiger partial charge on any atom is -0.480 e. The predicted octanol–water partition coefficient (Wildman–Crippen LogP) is -1.37. The lowest BCUT2D eigenvalue weighted by Crippen LogP contribution is -2.50. The monoisotopic (exact) mass is 331 g/mol. The van der Waals surface area contributed by atoms with Crippen molar-refractivity contribution in [2.45, 2.75) is 45.2 Å². The first-order chi connectivity index (χ1) is 10.7. The van der Waals surface area contributed by atoms with Gasteiger partial charge in [-0.2, -0.15) is 0 Å². The Morgan fingerprint density at radius 3 is 2.35 bits per heavy atom. The van der Waals surface area contributed by atoms with E-state index < -0.39 is 18.1 Å². The van der Waals surface area contributed by atoms with Crippen LogP contribution < -0.4 is 22.2 Å². The lowest BCUT2D eigenvalue weighted by molar-refractivity contribution is -0.139. The van der Waals surface area contributed by atoms with Gasteiger partial charge in [-0.1, -0.05) is 13.8 Å². The molecule has 0 saturated carbocycles. The molecule has 2 amide bonds. The third kappa shape index (κ3) is 9.82. The number of carbonyl (C=O) groups is 3. The molecule has 0 fully saturated rings. The summed E-state index contributed by atoms with van der Waals surface area (Å²) in [6.45, 7) is 3.81. The number of carbonyl (C=O) groups excluding carboxylic acids is 2. The van der Waals surface area contributed by atoms with E-state index in [-0.39, 0.29) is 30.7 Å². The maximum absolute atomic E-state index is 12.0. The number of carboxylic acids is 1. The normalized spacial score (nSPS) is 13.7. The molecule has 7 N–H and O–H groups in total. The third-order valence-corrected chi connectivity index (χ3v) is 3.24. The molecule has 9 nitrogen and oxygen atoms in total. The average molecular weight is 331 g/mol. The van der Waals surface area contributed by atoms with E-state index in [1.807, 2.05) is 13.8 Å². The number of nitrogens with zero attached hydrogens (tertiary/aromatic N) is 1. The zero-order valence-corrected chi connectivity index (χ0v) is 14.0. The number of nitrogens with one attached hydrogen (secondary N) is 2. The van der Waals surface area contributed by atoms with Gasteiger partial charge in [0.25, 0.3) is 0 Å². The van der Waals surface area contributed by atoms with Crippen molar-refractivity contribution in [2.75, 3.05) is 20.1 Å². The van der Waals surface area contributed by atoms with Crippen LogP contribution in [0.2, 0.25) is 0 Å². The van der Waals surface area contributed by atoms with Crippen LogP contribution >= 0.6 is 0 Å². The van der Waals surface area contributed by atoms with Crippen molar-refractivity contribution >= 4 is 17.8 Å². The van der Waals surface area contributed by atoms with Gasteiger partial charge < -0.3 is 21.9 Å². The van der Waals surface area contributed by atoms with E-state index in [0.717, 1.165) is 0 Å². The van der Waals surface area contributed by atoms with Gasteiger partial charge in [0, 0.05) is 19.5 Å². The zero-order chi connectivity index (χ0) is 18.0. The molecular weight excluding hydrogens is 302 g/mol. The molecule has 0 radical (unpaired) electrons. The molecule has 9 heteroatoms. The summed E-state index contributed by atoms with van der Waals surface area (Å²) in [5.41, 5.74) is 13.7. The zero-order valence-electron chi connectivity index (χ0n) is 14.0. The molecule has 0 rings (SSSR count). The fourth-order valence-electron chi connectivity index (χ4n) is 1.91. The second-order valence-electron chi connectivity index (χ2n) is 5.90. The number of likely N-dealkylation sites (N-methyl/N-ethyl adjacent to an activating group) is 1. The fourth-order valence-corrected chi connectivity index (χ4v) is 1.91. The number of rotatable bonds is 11. The van der Waals surface area contributed by atoms with Gasteiger partial charge in [-0.05, 0) is 25.3 Å². The van der Waals surface area contributed by atoms with E-state index in [4.69, 9.17) is 16.6 Å². The van der Waals surface area contributed by atoms with Gasteiger partial charge >= 0.3 is 5.97 Å². The Hall–Kier alpha value is -1.71. The van der Waals surface area contributed by atoms with Crippen molar-refractivity contribution in [1.82, 2.24) is 15.8 Å². The second kappa shape index (κ2) is 10.9. The van der Waals surface area contributed by atoms with Crippen LogP contribution in [0.5, 0.6) is 0 Å². The molecular formula is C14H29N5O4. The Balaban J connectivity index is 4.56. The maximum atomic E-state index is 12.0. The Morgan fingerprint density at radius 2 is 1.87 bits per heavy atom. The summed E-state index contributed by atoms with van der Waals surface area (Å²) in [7, 11) is 1.45. The highest BCUT2D eigenvalue weighted by Gasteiger charge is 2.22. The minimum absolute atomic E-state index is 0.0133. The third-order valence-electron chi connectivity index (χ3n) is 3.24. The molecule has 0 bridgehead atoms. The lowest BCUT2D eigenvalue weighted by atomic mass is 10.0. The fraction of sp³-hybridized carbons (Fsp3) is 0.786. The Kier molecular flexibility index (Phi) is 10.1. The highest BCUT2D eigenvalue weighted by Crippen LogP contribution is 2.05. The summed E-state index contributed by atoms with van der Waals surface area (Å²) in [6, 6.07) is -1.04. The molecule has 0 aliphatic heterocycles. The molecule has 0 aromatic heterocycles. The van der Waals surface area contributed by atoms with Crippen LogP contribution in [0.4, 0.5) is 0 Å². The lowest BCUT2D eigenvalue weighted by Gasteiger charge is -2.23. The largest absolute Gasteiger partial charge is 0.480 e. The number of aliphatic carboxylic acids is 1. The summed E-state index contributed by atoms with van der Waals surface area (Å²) in [4.78, 5) is 34.5. The first kappa shape index (κ1) is 21.3. The van der Waals surface area contributed by atoms with Gasteiger partial charge in [0.2, 0.25) is 11.8 Å². The van der Waals surface area contributed by atoms with E-state index in [1.54, 1.807) is 0 Å². The number of nitrogens with two attached hydrogens (primary N) is 2. The Labute approximate surface area is 136 Å². The van der Waals surface area contributed by atoms with Gasteiger partial charge in [-0.15, -0.1) is 0 Å². The maximum Gasteiger partial charge on any atom is 0.319 e. The standard InChI is InChI=1S/C14H29N5O4/c1-9(2)13(16)14(23)17-10(5-4-6-15)7-11(20)18-19(3)8-12(21)22/h9-10,13H,4-8,15-16H2,1-3H3,(H,17,23)(H,18,20)(H,21,22)/t10-,13-/m0/s1. The van der Waals surface area contributed by atoms with Crippen molar-refractivity contribution in [3.63, 3.8) is 0 Å². The summed E-state index contributed by atoms with van der Waals surface area (Å²) < 4.78 is 0. The first-order valence-corrected chi connectivity index (χ1v) is 7.65. The van der Waals surface area contributed by atoms with Crippen LogP contribution in [0.15, 0.2) is 0 Å². The van der Waals surface area contributed by atoms with E-state index in [9.17, 15) is 14.4 Å².